The second-order valence-corrected chi connectivity index (χ2v) is 7.61. The van der Waals surface area contributed by atoms with Crippen molar-refractivity contribution in [3.05, 3.63) is 30.3 Å². The first-order valence-electron chi connectivity index (χ1n) is 7.65. The molecule has 0 bridgehead atoms. The Bertz CT molecular complexity index is 536. The van der Waals surface area contributed by atoms with Crippen molar-refractivity contribution in [1.82, 2.24) is 0 Å². The Morgan fingerprint density at radius 3 is 2.40 bits per heavy atom. The van der Waals surface area contributed by atoms with Crippen LogP contribution in [0.4, 0.5) is 0 Å². The van der Waals surface area contributed by atoms with Crippen LogP contribution < -0.4 is 0 Å². The molecule has 110 valence electrons. The molecule has 0 N–H and O–H groups in total. The van der Waals surface area contributed by atoms with Crippen molar-refractivity contribution in [2.45, 2.75) is 55.9 Å². The van der Waals surface area contributed by atoms with E-state index in [2.05, 4.69) is 0 Å². The standard InChI is InChI=1S/C16H22O3S/c17-20(18,14-9-2-1-3-10-14)19-16-12-6-8-13-7-4-5-11-15(13)16/h1-3,9-10,13,15-16H,4-8,11-12H2. The van der Waals surface area contributed by atoms with Gasteiger partial charge in [-0.15, -0.1) is 0 Å². The van der Waals surface area contributed by atoms with Gasteiger partial charge in [-0.3, -0.25) is 4.18 Å². The molecule has 3 nitrogen and oxygen atoms in total. The molecule has 1 aromatic rings. The summed E-state index contributed by atoms with van der Waals surface area (Å²) in [6.45, 7) is 0. The van der Waals surface area contributed by atoms with Gasteiger partial charge in [-0.1, -0.05) is 43.9 Å². The Hall–Kier alpha value is -0.870. The number of rotatable bonds is 3. The SMILES string of the molecule is O=S(=O)(OC1CCCC2CCCCC21)c1ccccc1. The topological polar surface area (TPSA) is 43.4 Å². The lowest BCUT2D eigenvalue weighted by Crippen LogP contribution is -2.37. The van der Waals surface area contributed by atoms with E-state index in [0.29, 0.717) is 11.8 Å². The van der Waals surface area contributed by atoms with Crippen molar-refractivity contribution in [3.8, 4) is 0 Å². The average molecular weight is 294 g/mol. The lowest BCUT2D eigenvalue weighted by Gasteiger charge is -2.40. The van der Waals surface area contributed by atoms with Crippen LogP contribution >= 0.6 is 0 Å². The van der Waals surface area contributed by atoms with Crippen LogP contribution in [0.1, 0.15) is 44.9 Å². The summed E-state index contributed by atoms with van der Waals surface area (Å²) in [6.07, 6.45) is 7.99. The monoisotopic (exact) mass is 294 g/mol. The summed E-state index contributed by atoms with van der Waals surface area (Å²) < 4.78 is 30.3. The van der Waals surface area contributed by atoms with Gasteiger partial charge in [0.2, 0.25) is 0 Å². The van der Waals surface area contributed by atoms with Gasteiger partial charge in [-0.2, -0.15) is 8.42 Å². The predicted molar refractivity (Wildman–Crippen MR) is 77.8 cm³/mol. The Morgan fingerprint density at radius 2 is 1.60 bits per heavy atom. The number of hydrogen-bond donors (Lipinski definition) is 0. The van der Waals surface area contributed by atoms with Gasteiger partial charge in [-0.25, -0.2) is 0 Å². The third-order valence-corrected chi connectivity index (χ3v) is 6.14. The van der Waals surface area contributed by atoms with E-state index in [1.807, 2.05) is 6.07 Å². The van der Waals surface area contributed by atoms with Gasteiger partial charge in [0.05, 0.1) is 11.0 Å². The third-order valence-electron chi connectivity index (χ3n) is 4.79. The van der Waals surface area contributed by atoms with E-state index in [9.17, 15) is 8.42 Å². The fourth-order valence-corrected chi connectivity index (χ4v) is 4.97. The fraction of sp³-hybridized carbons (Fsp3) is 0.625. The summed E-state index contributed by atoms with van der Waals surface area (Å²) >= 11 is 0. The second-order valence-electron chi connectivity index (χ2n) is 6.04. The van der Waals surface area contributed by atoms with E-state index in [-0.39, 0.29) is 11.0 Å². The van der Waals surface area contributed by atoms with Gasteiger partial charge in [0, 0.05) is 0 Å². The summed E-state index contributed by atoms with van der Waals surface area (Å²) in [5.41, 5.74) is 0. The van der Waals surface area contributed by atoms with Crippen molar-refractivity contribution in [2.75, 3.05) is 0 Å². The van der Waals surface area contributed by atoms with Crippen LogP contribution in [0, 0.1) is 11.8 Å². The molecule has 2 aliphatic rings. The van der Waals surface area contributed by atoms with Gasteiger partial charge in [0.25, 0.3) is 10.1 Å². The van der Waals surface area contributed by atoms with Crippen LogP contribution in [0.3, 0.4) is 0 Å². The highest BCUT2D eigenvalue weighted by Crippen LogP contribution is 2.42. The van der Waals surface area contributed by atoms with E-state index in [1.54, 1.807) is 24.3 Å². The van der Waals surface area contributed by atoms with E-state index in [4.69, 9.17) is 4.18 Å². The van der Waals surface area contributed by atoms with Crippen LogP contribution in [0.2, 0.25) is 0 Å². The molecule has 1 aromatic carbocycles. The molecule has 3 atom stereocenters. The van der Waals surface area contributed by atoms with Gasteiger partial charge in [-0.05, 0) is 43.2 Å². The van der Waals surface area contributed by atoms with E-state index in [1.165, 1.54) is 25.7 Å². The van der Waals surface area contributed by atoms with Crippen molar-refractivity contribution in [1.29, 1.82) is 0 Å². The molecule has 2 aliphatic carbocycles. The highest BCUT2D eigenvalue weighted by Gasteiger charge is 2.38. The largest absolute Gasteiger partial charge is 0.297 e. The average Bonchev–Trinajstić information content (AvgIpc) is 2.48. The van der Waals surface area contributed by atoms with Crippen LogP contribution in [0.5, 0.6) is 0 Å². The van der Waals surface area contributed by atoms with Crippen molar-refractivity contribution < 1.29 is 12.6 Å². The quantitative estimate of drug-likeness (QED) is 0.797. The Morgan fingerprint density at radius 1 is 0.900 bits per heavy atom. The predicted octanol–water partition coefficient (Wildman–Crippen LogP) is 3.75. The van der Waals surface area contributed by atoms with Gasteiger partial charge >= 0.3 is 0 Å². The smallest absolute Gasteiger partial charge is 0.263 e. The van der Waals surface area contributed by atoms with Crippen LogP contribution in [-0.4, -0.2) is 14.5 Å². The minimum absolute atomic E-state index is 0.112. The summed E-state index contributed by atoms with van der Waals surface area (Å²) in [4.78, 5) is 0.276. The van der Waals surface area contributed by atoms with Crippen LogP contribution in [0.15, 0.2) is 35.2 Å². The molecule has 3 unspecified atom stereocenters. The van der Waals surface area contributed by atoms with Crippen molar-refractivity contribution >= 4 is 10.1 Å². The first-order valence-corrected chi connectivity index (χ1v) is 9.06. The van der Waals surface area contributed by atoms with Gasteiger partial charge < -0.3 is 0 Å². The number of fused-ring (bicyclic) bond motifs is 1. The molecule has 2 saturated carbocycles. The highest BCUT2D eigenvalue weighted by atomic mass is 32.2. The normalized spacial score (nSPS) is 30.7. The first kappa shape index (κ1) is 14.1. The van der Waals surface area contributed by atoms with Crippen molar-refractivity contribution in [2.24, 2.45) is 11.8 Å². The van der Waals surface area contributed by atoms with E-state index in [0.717, 1.165) is 19.3 Å². The molecule has 0 aliphatic heterocycles. The van der Waals surface area contributed by atoms with Crippen LogP contribution in [-0.2, 0) is 14.3 Å². The van der Waals surface area contributed by atoms with E-state index < -0.39 is 10.1 Å². The third kappa shape index (κ3) is 2.91. The summed E-state index contributed by atoms with van der Waals surface area (Å²) in [5, 5.41) is 0. The molecule has 4 heteroatoms. The maximum Gasteiger partial charge on any atom is 0.297 e. The number of hydrogen-bond acceptors (Lipinski definition) is 3. The zero-order valence-corrected chi connectivity index (χ0v) is 12.5. The first-order chi connectivity index (χ1) is 9.67. The molecular formula is C16H22O3S. The Kier molecular flexibility index (Phi) is 4.13. The number of benzene rings is 1. The molecule has 0 heterocycles. The van der Waals surface area contributed by atoms with Gasteiger partial charge in [0.1, 0.15) is 0 Å². The highest BCUT2D eigenvalue weighted by molar-refractivity contribution is 7.86. The summed E-state index contributed by atoms with van der Waals surface area (Å²) in [6, 6.07) is 8.50. The lowest BCUT2D eigenvalue weighted by atomic mass is 9.69. The molecular weight excluding hydrogens is 272 g/mol. The molecule has 0 amide bonds. The molecule has 0 saturated heterocycles. The maximum atomic E-state index is 12.4. The zero-order chi connectivity index (χ0) is 14.0. The molecule has 0 radical (unpaired) electrons. The maximum absolute atomic E-state index is 12.4. The molecule has 0 spiro atoms. The second kappa shape index (κ2) is 5.86. The molecule has 3 rings (SSSR count). The summed E-state index contributed by atoms with van der Waals surface area (Å²) in [5.74, 6) is 1.12. The van der Waals surface area contributed by atoms with Crippen molar-refractivity contribution in [3.63, 3.8) is 0 Å². The Balaban J connectivity index is 1.76. The Labute approximate surface area is 121 Å². The molecule has 20 heavy (non-hydrogen) atoms. The summed E-state index contributed by atoms with van der Waals surface area (Å²) in [7, 11) is -3.61. The minimum Gasteiger partial charge on any atom is -0.263 e. The van der Waals surface area contributed by atoms with Gasteiger partial charge in [0.15, 0.2) is 0 Å². The van der Waals surface area contributed by atoms with E-state index >= 15 is 0 Å². The minimum atomic E-state index is -3.61. The fourth-order valence-electron chi connectivity index (χ4n) is 3.80. The zero-order valence-electron chi connectivity index (χ0n) is 11.7. The molecule has 0 aromatic heterocycles. The van der Waals surface area contributed by atoms with Crippen LogP contribution in [0.25, 0.3) is 0 Å². The molecule has 2 fully saturated rings. The lowest BCUT2D eigenvalue weighted by molar-refractivity contribution is 0.0320.